The molecule has 1 fully saturated rings. The fourth-order valence-corrected chi connectivity index (χ4v) is 3.15. The van der Waals surface area contributed by atoms with Gasteiger partial charge in [-0.05, 0) is 34.8 Å². The minimum atomic E-state index is -0.690. The van der Waals surface area contributed by atoms with Gasteiger partial charge in [0, 0.05) is 17.7 Å². The monoisotopic (exact) mass is 323 g/mol. The molecular weight excluding hydrogens is 306 g/mol. The third-order valence-electron chi connectivity index (χ3n) is 3.73. The highest BCUT2D eigenvalue weighted by molar-refractivity contribution is 9.10. The Hall–Kier alpha value is -1.28. The Balaban J connectivity index is 2.16. The van der Waals surface area contributed by atoms with Gasteiger partial charge in [-0.15, -0.1) is 0 Å². The lowest BCUT2D eigenvalue weighted by molar-refractivity contribution is 0.0904. The van der Waals surface area contributed by atoms with E-state index in [1.165, 1.54) is 0 Å². The number of aryl methyl sites for hydroxylation is 1. The van der Waals surface area contributed by atoms with E-state index in [0.29, 0.717) is 5.69 Å². The zero-order valence-corrected chi connectivity index (χ0v) is 12.7. The molecule has 1 aliphatic rings. The lowest BCUT2D eigenvalue weighted by atomic mass is 9.91. The first-order valence-corrected chi connectivity index (χ1v) is 7.41. The van der Waals surface area contributed by atoms with Crippen molar-refractivity contribution in [3.63, 3.8) is 0 Å². The molecule has 19 heavy (non-hydrogen) atoms. The van der Waals surface area contributed by atoms with Gasteiger partial charge in [-0.1, -0.05) is 25.7 Å². The van der Waals surface area contributed by atoms with E-state index < -0.39 is 5.54 Å². The topological polar surface area (TPSA) is 57.8 Å². The van der Waals surface area contributed by atoms with Gasteiger partial charge in [0.05, 0.1) is 6.07 Å². The zero-order chi connectivity index (χ0) is 13.9. The second-order valence-corrected chi connectivity index (χ2v) is 6.13. The van der Waals surface area contributed by atoms with Crippen LogP contribution in [0.25, 0.3) is 0 Å². The van der Waals surface area contributed by atoms with E-state index in [9.17, 15) is 10.1 Å². The maximum Gasteiger partial charge on any atom is 0.269 e. The number of carbonyl (C=O) groups excluding carboxylic acids is 1. The minimum Gasteiger partial charge on any atom is -0.345 e. The largest absolute Gasteiger partial charge is 0.345 e. The Morgan fingerprint density at radius 3 is 2.53 bits per heavy atom. The molecule has 0 saturated heterocycles. The van der Waals surface area contributed by atoms with Crippen LogP contribution in [-0.2, 0) is 7.05 Å². The maximum atomic E-state index is 12.3. The van der Waals surface area contributed by atoms with Gasteiger partial charge in [-0.25, -0.2) is 0 Å². The Morgan fingerprint density at radius 1 is 1.42 bits per heavy atom. The van der Waals surface area contributed by atoms with E-state index >= 15 is 0 Å². The lowest BCUT2D eigenvalue weighted by Gasteiger charge is -2.26. The molecule has 1 amide bonds. The van der Waals surface area contributed by atoms with Gasteiger partial charge in [-0.3, -0.25) is 4.79 Å². The number of nitrogens with one attached hydrogen (secondary N) is 1. The lowest BCUT2D eigenvalue weighted by Crippen LogP contribution is -2.47. The average molecular weight is 324 g/mol. The van der Waals surface area contributed by atoms with Crippen molar-refractivity contribution in [3.8, 4) is 6.07 Å². The highest BCUT2D eigenvalue weighted by atomic mass is 79.9. The first kappa shape index (κ1) is 14.1. The maximum absolute atomic E-state index is 12.3. The van der Waals surface area contributed by atoms with Crippen molar-refractivity contribution in [3.05, 3.63) is 22.4 Å². The molecule has 1 N–H and O–H groups in total. The summed E-state index contributed by atoms with van der Waals surface area (Å²) in [5.74, 6) is -0.170. The Morgan fingerprint density at radius 2 is 2.05 bits per heavy atom. The molecule has 1 aromatic heterocycles. The molecule has 0 atom stereocenters. The highest BCUT2D eigenvalue weighted by Crippen LogP contribution is 2.27. The molecule has 0 unspecified atom stereocenters. The van der Waals surface area contributed by atoms with Crippen LogP contribution in [0.15, 0.2) is 16.7 Å². The fraction of sp³-hybridized carbons (Fsp3) is 0.571. The van der Waals surface area contributed by atoms with Crippen LogP contribution < -0.4 is 5.32 Å². The number of hydrogen-bond donors (Lipinski definition) is 1. The normalized spacial score (nSPS) is 18.4. The number of amides is 1. The summed E-state index contributed by atoms with van der Waals surface area (Å²) in [6, 6.07) is 4.11. The van der Waals surface area contributed by atoms with Crippen LogP contribution in [-0.4, -0.2) is 16.0 Å². The molecule has 1 aromatic rings. The molecule has 0 aromatic carbocycles. The molecule has 0 bridgehead atoms. The second kappa shape index (κ2) is 5.79. The summed E-state index contributed by atoms with van der Waals surface area (Å²) in [7, 11) is 1.83. The number of hydrogen-bond acceptors (Lipinski definition) is 2. The number of halogens is 1. The summed E-state index contributed by atoms with van der Waals surface area (Å²) in [6.07, 6.45) is 7.64. The summed E-state index contributed by atoms with van der Waals surface area (Å²) in [5.41, 5.74) is -0.115. The number of aromatic nitrogens is 1. The zero-order valence-electron chi connectivity index (χ0n) is 11.1. The smallest absolute Gasteiger partial charge is 0.269 e. The Kier molecular flexibility index (Phi) is 4.31. The van der Waals surface area contributed by atoms with Crippen molar-refractivity contribution in [2.24, 2.45) is 7.05 Å². The van der Waals surface area contributed by atoms with Crippen LogP contribution in [0.1, 0.15) is 49.0 Å². The summed E-state index contributed by atoms with van der Waals surface area (Å²) < 4.78 is 2.63. The van der Waals surface area contributed by atoms with Crippen LogP contribution in [0.4, 0.5) is 0 Å². The summed E-state index contributed by atoms with van der Waals surface area (Å²) in [5, 5.41) is 12.4. The summed E-state index contributed by atoms with van der Waals surface area (Å²) >= 11 is 3.35. The van der Waals surface area contributed by atoms with Crippen molar-refractivity contribution in [1.29, 1.82) is 5.26 Å². The van der Waals surface area contributed by atoms with E-state index in [4.69, 9.17) is 0 Å². The number of nitriles is 1. The third-order valence-corrected chi connectivity index (χ3v) is 4.16. The molecule has 4 nitrogen and oxygen atoms in total. The van der Waals surface area contributed by atoms with E-state index in [1.807, 2.05) is 13.2 Å². The number of rotatable bonds is 2. The van der Waals surface area contributed by atoms with Gasteiger partial charge in [0.15, 0.2) is 0 Å². The standard InChI is InChI=1S/C14H18BrN3O/c1-18-9-11(15)8-12(18)13(19)17-14(10-16)6-4-2-3-5-7-14/h8-9H,2-7H2,1H3,(H,17,19). The van der Waals surface area contributed by atoms with Gasteiger partial charge in [0.2, 0.25) is 0 Å². The van der Waals surface area contributed by atoms with E-state index in [1.54, 1.807) is 10.6 Å². The van der Waals surface area contributed by atoms with Crippen molar-refractivity contribution in [1.82, 2.24) is 9.88 Å². The number of nitrogens with zero attached hydrogens (tertiary/aromatic N) is 2. The van der Waals surface area contributed by atoms with Crippen molar-refractivity contribution >= 4 is 21.8 Å². The molecule has 0 aliphatic heterocycles. The van der Waals surface area contributed by atoms with Crippen molar-refractivity contribution < 1.29 is 4.79 Å². The van der Waals surface area contributed by atoms with Gasteiger partial charge < -0.3 is 9.88 Å². The first-order chi connectivity index (χ1) is 9.06. The molecule has 1 aliphatic carbocycles. The number of carbonyl (C=O) groups is 1. The summed E-state index contributed by atoms with van der Waals surface area (Å²) in [6.45, 7) is 0. The molecular formula is C14H18BrN3O. The molecule has 1 heterocycles. The molecule has 5 heteroatoms. The molecule has 102 valence electrons. The third kappa shape index (κ3) is 3.19. The van der Waals surface area contributed by atoms with Crippen molar-refractivity contribution in [2.45, 2.75) is 44.1 Å². The SMILES string of the molecule is Cn1cc(Br)cc1C(=O)NC1(C#N)CCCCCC1. The molecule has 0 radical (unpaired) electrons. The predicted molar refractivity (Wildman–Crippen MR) is 76.6 cm³/mol. The van der Waals surface area contributed by atoms with Crippen LogP contribution in [0.3, 0.4) is 0 Å². The van der Waals surface area contributed by atoms with Crippen LogP contribution in [0.2, 0.25) is 0 Å². The molecule has 1 saturated carbocycles. The molecule has 0 spiro atoms. The van der Waals surface area contributed by atoms with E-state index in [2.05, 4.69) is 27.3 Å². The predicted octanol–water partition coefficient (Wildman–Crippen LogP) is 3.13. The van der Waals surface area contributed by atoms with Crippen LogP contribution in [0, 0.1) is 11.3 Å². The average Bonchev–Trinajstić information content (AvgIpc) is 2.60. The second-order valence-electron chi connectivity index (χ2n) is 5.22. The quantitative estimate of drug-likeness (QED) is 0.850. The Bertz CT molecular complexity index is 507. The molecule has 2 rings (SSSR count). The van der Waals surface area contributed by atoms with Gasteiger partial charge in [0.25, 0.3) is 5.91 Å². The fourth-order valence-electron chi connectivity index (χ4n) is 2.63. The van der Waals surface area contributed by atoms with Gasteiger partial charge >= 0.3 is 0 Å². The van der Waals surface area contributed by atoms with E-state index in [0.717, 1.165) is 43.0 Å². The first-order valence-electron chi connectivity index (χ1n) is 6.62. The van der Waals surface area contributed by atoms with Gasteiger partial charge in [-0.2, -0.15) is 5.26 Å². The Labute approximate surface area is 121 Å². The summed E-state index contributed by atoms with van der Waals surface area (Å²) in [4.78, 5) is 12.3. The van der Waals surface area contributed by atoms with Crippen LogP contribution >= 0.6 is 15.9 Å². The van der Waals surface area contributed by atoms with E-state index in [-0.39, 0.29) is 5.91 Å². The van der Waals surface area contributed by atoms with Gasteiger partial charge in [0.1, 0.15) is 11.2 Å². The minimum absolute atomic E-state index is 0.170. The van der Waals surface area contributed by atoms with Crippen molar-refractivity contribution in [2.75, 3.05) is 0 Å². The highest BCUT2D eigenvalue weighted by Gasteiger charge is 2.33. The van der Waals surface area contributed by atoms with Crippen LogP contribution in [0.5, 0.6) is 0 Å².